The van der Waals surface area contributed by atoms with E-state index in [9.17, 15) is 0 Å². The molecule has 0 aliphatic heterocycles. The number of aromatic nitrogens is 1. The largest absolute Gasteiger partial charge is 0.348 e. The van der Waals surface area contributed by atoms with Gasteiger partial charge in [0.2, 0.25) is 0 Å². The smallest absolute Gasteiger partial charge is 0.0638 e. The second-order valence-electron chi connectivity index (χ2n) is 7.91. The molecule has 0 aromatic carbocycles. The third-order valence-electron chi connectivity index (χ3n) is 6.12. The first-order chi connectivity index (χ1) is 11.8. The fourth-order valence-corrected chi connectivity index (χ4v) is 4.77. The van der Waals surface area contributed by atoms with Gasteiger partial charge in [0.15, 0.2) is 0 Å². The maximum Gasteiger partial charge on any atom is 0.0638 e. The third-order valence-corrected chi connectivity index (χ3v) is 6.12. The quantitative estimate of drug-likeness (QED) is 0.582. The molecule has 0 bridgehead atoms. The molecular weight excluding hydrogens is 292 g/mol. The zero-order valence-electron chi connectivity index (χ0n) is 15.8. The second kappa shape index (κ2) is 8.87. The fraction of sp³-hybridized carbons (Fsp3) is 0.773. The van der Waals surface area contributed by atoms with Crippen LogP contribution < -0.4 is 5.36 Å². The molecule has 0 saturated heterocycles. The summed E-state index contributed by atoms with van der Waals surface area (Å²) in [5, 5.41) is 9.53. The van der Waals surface area contributed by atoms with Gasteiger partial charge in [-0.05, 0) is 62.5 Å². The zero-order valence-corrected chi connectivity index (χ0v) is 15.8. The average Bonchev–Trinajstić information content (AvgIpc) is 3.10. The van der Waals surface area contributed by atoms with Crippen LogP contribution >= 0.6 is 0 Å². The Labute approximate surface area is 148 Å². The minimum absolute atomic E-state index is 0.921. The van der Waals surface area contributed by atoms with Crippen molar-refractivity contribution >= 4 is 0 Å². The standard InChI is InChI=1S/C22H36N2/c1-2-3-4-5-6-7-8-11-17-24-20-15-10-9-13-18(20)22(23)19-14-12-16-21(19)24/h23H,2-17H2,1H3. The van der Waals surface area contributed by atoms with Crippen molar-refractivity contribution in [3.05, 3.63) is 27.9 Å². The van der Waals surface area contributed by atoms with Crippen molar-refractivity contribution in [3.8, 4) is 0 Å². The van der Waals surface area contributed by atoms with Gasteiger partial charge in [0.05, 0.1) is 5.36 Å². The molecule has 3 rings (SSSR count). The van der Waals surface area contributed by atoms with Crippen LogP contribution in [0.1, 0.15) is 100 Å². The first-order valence-electron chi connectivity index (χ1n) is 10.6. The molecule has 134 valence electrons. The lowest BCUT2D eigenvalue weighted by Crippen LogP contribution is -2.27. The Hall–Kier alpha value is -1.05. The molecule has 2 nitrogen and oxygen atoms in total. The van der Waals surface area contributed by atoms with Crippen LogP contribution in [0.15, 0.2) is 0 Å². The van der Waals surface area contributed by atoms with Gasteiger partial charge in [-0.1, -0.05) is 51.9 Å². The van der Waals surface area contributed by atoms with E-state index in [0.29, 0.717) is 0 Å². The van der Waals surface area contributed by atoms with Crippen LogP contribution in [0.5, 0.6) is 0 Å². The van der Waals surface area contributed by atoms with E-state index in [0.717, 1.165) is 18.2 Å². The molecule has 0 atom stereocenters. The Morgan fingerprint density at radius 2 is 1.25 bits per heavy atom. The van der Waals surface area contributed by atoms with Gasteiger partial charge in [-0.25, -0.2) is 0 Å². The molecule has 0 spiro atoms. The monoisotopic (exact) mass is 328 g/mol. The molecule has 0 unspecified atom stereocenters. The maximum absolute atomic E-state index is 8.61. The van der Waals surface area contributed by atoms with Crippen molar-refractivity contribution in [3.63, 3.8) is 0 Å². The highest BCUT2D eigenvalue weighted by atomic mass is 15.0. The number of fused-ring (bicyclic) bond motifs is 2. The number of hydrogen-bond donors (Lipinski definition) is 1. The highest BCUT2D eigenvalue weighted by molar-refractivity contribution is 5.35. The lowest BCUT2D eigenvalue weighted by molar-refractivity contribution is 0.509. The molecule has 1 heterocycles. The Bertz CT molecular complexity index is 597. The van der Waals surface area contributed by atoms with Crippen LogP contribution in [0.4, 0.5) is 0 Å². The summed E-state index contributed by atoms with van der Waals surface area (Å²) in [7, 11) is 0. The van der Waals surface area contributed by atoms with E-state index >= 15 is 0 Å². The number of unbranched alkanes of at least 4 members (excludes halogenated alkanes) is 7. The Balaban J connectivity index is 1.59. The van der Waals surface area contributed by atoms with Crippen LogP contribution in [0.2, 0.25) is 0 Å². The summed E-state index contributed by atoms with van der Waals surface area (Å²) in [5.41, 5.74) is 5.87. The van der Waals surface area contributed by atoms with E-state index < -0.39 is 0 Å². The maximum atomic E-state index is 8.61. The zero-order chi connectivity index (χ0) is 16.8. The third kappa shape index (κ3) is 3.95. The molecule has 2 aliphatic carbocycles. The number of hydrogen-bond acceptors (Lipinski definition) is 1. The average molecular weight is 329 g/mol. The lowest BCUT2D eigenvalue weighted by atomic mass is 9.92. The van der Waals surface area contributed by atoms with Crippen LogP contribution in [0.3, 0.4) is 0 Å². The predicted octanol–water partition coefficient (Wildman–Crippen LogP) is 5.48. The highest BCUT2D eigenvalue weighted by Gasteiger charge is 2.23. The normalized spacial score (nSPS) is 16.2. The minimum Gasteiger partial charge on any atom is -0.348 e. The predicted molar refractivity (Wildman–Crippen MR) is 102 cm³/mol. The van der Waals surface area contributed by atoms with Crippen LogP contribution in [-0.4, -0.2) is 4.57 Å². The molecule has 2 heteroatoms. The summed E-state index contributed by atoms with van der Waals surface area (Å²) in [6.45, 7) is 3.50. The van der Waals surface area contributed by atoms with Gasteiger partial charge in [-0.15, -0.1) is 0 Å². The molecule has 24 heavy (non-hydrogen) atoms. The van der Waals surface area contributed by atoms with Crippen molar-refractivity contribution in [1.82, 2.24) is 4.57 Å². The first-order valence-corrected chi connectivity index (χ1v) is 10.6. The first kappa shape index (κ1) is 17.8. The van der Waals surface area contributed by atoms with Gasteiger partial charge in [0, 0.05) is 17.9 Å². The Morgan fingerprint density at radius 1 is 0.708 bits per heavy atom. The molecule has 2 aliphatic rings. The lowest BCUT2D eigenvalue weighted by Gasteiger charge is -2.26. The van der Waals surface area contributed by atoms with Gasteiger partial charge < -0.3 is 9.98 Å². The van der Waals surface area contributed by atoms with Crippen LogP contribution in [-0.2, 0) is 32.2 Å². The van der Waals surface area contributed by atoms with E-state index in [-0.39, 0.29) is 0 Å². The summed E-state index contributed by atoms with van der Waals surface area (Å²) >= 11 is 0. The molecular formula is C22H36N2. The van der Waals surface area contributed by atoms with E-state index in [2.05, 4.69) is 11.5 Å². The SMILES string of the molecule is CCCCCCCCCCn1c2c(c(=N)c3c1CCC3)CCCC2. The van der Waals surface area contributed by atoms with Gasteiger partial charge in [-0.3, -0.25) is 0 Å². The number of nitrogens with one attached hydrogen (secondary N) is 1. The van der Waals surface area contributed by atoms with Gasteiger partial charge >= 0.3 is 0 Å². The molecule has 1 aromatic heterocycles. The Kier molecular flexibility index (Phi) is 6.57. The fourth-order valence-electron chi connectivity index (χ4n) is 4.77. The van der Waals surface area contributed by atoms with Crippen molar-refractivity contribution in [2.45, 2.75) is 110 Å². The number of nitrogens with zero attached hydrogens (tertiary/aromatic N) is 1. The summed E-state index contributed by atoms with van der Waals surface area (Å²) in [6, 6.07) is 0. The topological polar surface area (TPSA) is 28.8 Å². The van der Waals surface area contributed by atoms with Crippen LogP contribution in [0.25, 0.3) is 0 Å². The van der Waals surface area contributed by atoms with Crippen molar-refractivity contribution in [1.29, 1.82) is 5.41 Å². The van der Waals surface area contributed by atoms with Crippen LogP contribution in [0, 0.1) is 5.41 Å². The van der Waals surface area contributed by atoms with Gasteiger partial charge in [0.25, 0.3) is 0 Å². The highest BCUT2D eigenvalue weighted by Crippen LogP contribution is 2.27. The molecule has 0 amide bonds. The summed E-state index contributed by atoms with van der Waals surface area (Å²) in [4.78, 5) is 0. The van der Waals surface area contributed by atoms with Crippen molar-refractivity contribution in [2.24, 2.45) is 0 Å². The molecule has 1 aromatic rings. The minimum atomic E-state index is 0.921. The molecule has 0 fully saturated rings. The van der Waals surface area contributed by atoms with Gasteiger partial charge in [0.1, 0.15) is 0 Å². The van der Waals surface area contributed by atoms with E-state index in [1.165, 1.54) is 113 Å². The van der Waals surface area contributed by atoms with Gasteiger partial charge in [-0.2, -0.15) is 0 Å². The van der Waals surface area contributed by atoms with Crippen molar-refractivity contribution < 1.29 is 0 Å². The Morgan fingerprint density at radius 3 is 1.96 bits per heavy atom. The number of rotatable bonds is 9. The van der Waals surface area contributed by atoms with E-state index in [4.69, 9.17) is 5.41 Å². The van der Waals surface area contributed by atoms with E-state index in [1.807, 2.05) is 0 Å². The van der Waals surface area contributed by atoms with Crippen molar-refractivity contribution in [2.75, 3.05) is 0 Å². The summed E-state index contributed by atoms with van der Waals surface area (Å²) in [6.07, 6.45) is 19.8. The second-order valence-corrected chi connectivity index (χ2v) is 7.91. The molecule has 0 saturated carbocycles. The number of pyridine rings is 1. The molecule has 1 N–H and O–H groups in total. The molecule has 0 radical (unpaired) electrons. The summed E-state index contributed by atoms with van der Waals surface area (Å²) < 4.78 is 2.67. The summed E-state index contributed by atoms with van der Waals surface area (Å²) in [5.74, 6) is 0. The van der Waals surface area contributed by atoms with E-state index in [1.54, 1.807) is 0 Å².